The molecular formula is C34H41FN6O2. The molecule has 8 rings (SSSR count). The van der Waals surface area contributed by atoms with E-state index in [0.29, 0.717) is 41.1 Å². The van der Waals surface area contributed by atoms with Crippen molar-refractivity contribution in [3.8, 4) is 16.9 Å². The van der Waals surface area contributed by atoms with Crippen molar-refractivity contribution in [3.63, 3.8) is 0 Å². The van der Waals surface area contributed by atoms with E-state index >= 15 is 4.39 Å². The molecule has 3 aromatic rings. The van der Waals surface area contributed by atoms with Crippen LogP contribution in [0.3, 0.4) is 0 Å². The molecule has 4 bridgehead atoms. The summed E-state index contributed by atoms with van der Waals surface area (Å²) in [6.45, 7) is 7.15. The summed E-state index contributed by atoms with van der Waals surface area (Å²) in [4.78, 5) is 21.6. The van der Waals surface area contributed by atoms with Gasteiger partial charge < -0.3 is 15.0 Å². The van der Waals surface area contributed by atoms with Gasteiger partial charge in [0, 0.05) is 56.6 Å². The summed E-state index contributed by atoms with van der Waals surface area (Å²) in [6.07, 6.45) is 11.3. The van der Waals surface area contributed by atoms with Crippen LogP contribution in [-0.2, 0) is 6.54 Å². The van der Waals surface area contributed by atoms with E-state index < -0.39 is 0 Å². The first-order chi connectivity index (χ1) is 20.9. The maximum absolute atomic E-state index is 15.1. The number of carbonyl (C=O) groups is 1. The molecule has 4 aliphatic carbocycles. The minimum atomic E-state index is -0.260. The first-order valence-electron chi connectivity index (χ1n) is 15.9. The zero-order valence-corrected chi connectivity index (χ0v) is 25.0. The molecule has 3 heterocycles. The van der Waals surface area contributed by atoms with Crippen LogP contribution in [0, 0.1) is 29.0 Å². The number of hydrogen-bond donors (Lipinski definition) is 1. The van der Waals surface area contributed by atoms with Crippen molar-refractivity contribution in [2.75, 3.05) is 44.2 Å². The number of carbonyl (C=O) groups excluding carboxylic acids is 1. The molecule has 9 heteroatoms. The van der Waals surface area contributed by atoms with Crippen molar-refractivity contribution in [2.45, 2.75) is 52.0 Å². The minimum Gasteiger partial charge on any atom is -0.492 e. The van der Waals surface area contributed by atoms with E-state index in [0.717, 1.165) is 61.9 Å². The first-order valence-corrected chi connectivity index (χ1v) is 15.9. The average molecular weight is 585 g/mol. The second-order valence-electron chi connectivity index (χ2n) is 13.3. The number of nitrogens with zero attached hydrogens (tertiary/aromatic N) is 5. The molecule has 0 atom stereocenters. The molecule has 0 radical (unpaired) electrons. The van der Waals surface area contributed by atoms with Crippen molar-refractivity contribution in [1.82, 2.24) is 25.4 Å². The molecular weight excluding hydrogens is 543 g/mol. The van der Waals surface area contributed by atoms with Crippen LogP contribution in [0.15, 0.2) is 48.8 Å². The van der Waals surface area contributed by atoms with Gasteiger partial charge in [0.2, 0.25) is 0 Å². The minimum absolute atomic E-state index is 0.115. The van der Waals surface area contributed by atoms with E-state index in [1.165, 1.54) is 38.5 Å². The molecule has 1 amide bonds. The van der Waals surface area contributed by atoms with Crippen LogP contribution < -0.4 is 15.0 Å². The zero-order chi connectivity index (χ0) is 29.4. The SMILES string of the molecule is CCOc1cncc(-c2ccc(CN3CCN(c4ccc(C(=O)NCC56CC7CC(CC(C7)C5)C6)nn4)CC3)cc2F)c1. The Morgan fingerprint density at radius 3 is 2.37 bits per heavy atom. The second-order valence-corrected chi connectivity index (χ2v) is 13.3. The molecule has 2 aromatic heterocycles. The van der Waals surface area contributed by atoms with Gasteiger partial charge in [-0.2, -0.15) is 0 Å². The van der Waals surface area contributed by atoms with Crippen molar-refractivity contribution in [3.05, 3.63) is 65.9 Å². The van der Waals surface area contributed by atoms with Crippen LogP contribution in [0.4, 0.5) is 10.2 Å². The summed E-state index contributed by atoms with van der Waals surface area (Å²) in [5, 5.41) is 11.9. The third-order valence-electron chi connectivity index (χ3n) is 10.1. The molecule has 4 saturated carbocycles. The molecule has 0 unspecified atom stereocenters. The lowest BCUT2D eigenvalue weighted by molar-refractivity contribution is -0.0503. The molecule has 1 aromatic carbocycles. The highest BCUT2D eigenvalue weighted by Crippen LogP contribution is 2.59. The molecule has 5 aliphatic rings. The van der Waals surface area contributed by atoms with Crippen molar-refractivity contribution in [2.24, 2.45) is 23.2 Å². The number of halogens is 1. The van der Waals surface area contributed by atoms with E-state index in [1.807, 2.05) is 31.2 Å². The van der Waals surface area contributed by atoms with Crippen molar-refractivity contribution in [1.29, 1.82) is 0 Å². The Morgan fingerprint density at radius 2 is 1.72 bits per heavy atom. The third kappa shape index (κ3) is 6.09. The quantitative estimate of drug-likeness (QED) is 0.363. The van der Waals surface area contributed by atoms with Gasteiger partial charge in [0.05, 0.1) is 12.8 Å². The number of amides is 1. The Morgan fingerprint density at radius 1 is 0.977 bits per heavy atom. The van der Waals surface area contributed by atoms with E-state index in [1.54, 1.807) is 24.5 Å². The highest BCUT2D eigenvalue weighted by Gasteiger charge is 2.50. The monoisotopic (exact) mass is 584 g/mol. The molecule has 1 aliphatic heterocycles. The zero-order valence-electron chi connectivity index (χ0n) is 25.0. The summed E-state index contributed by atoms with van der Waals surface area (Å²) in [5.74, 6) is 3.66. The van der Waals surface area contributed by atoms with Crippen molar-refractivity contribution >= 4 is 11.7 Å². The number of aromatic nitrogens is 3. The van der Waals surface area contributed by atoms with E-state index in [4.69, 9.17) is 4.74 Å². The van der Waals surface area contributed by atoms with Crippen LogP contribution >= 0.6 is 0 Å². The lowest BCUT2D eigenvalue weighted by Gasteiger charge is -2.56. The maximum atomic E-state index is 15.1. The van der Waals surface area contributed by atoms with Gasteiger partial charge in [-0.1, -0.05) is 12.1 Å². The van der Waals surface area contributed by atoms with Crippen LogP contribution in [0.2, 0.25) is 0 Å². The van der Waals surface area contributed by atoms with Crippen LogP contribution in [0.25, 0.3) is 11.1 Å². The molecule has 8 nitrogen and oxygen atoms in total. The Kier molecular flexibility index (Phi) is 7.76. The number of nitrogens with one attached hydrogen (secondary N) is 1. The number of anilines is 1. The molecule has 1 saturated heterocycles. The second kappa shape index (κ2) is 11.8. The average Bonchev–Trinajstić information content (AvgIpc) is 3.00. The predicted molar refractivity (Wildman–Crippen MR) is 163 cm³/mol. The lowest BCUT2D eigenvalue weighted by atomic mass is 9.49. The number of piperazine rings is 1. The molecule has 1 N–H and O–H groups in total. The Labute approximate surface area is 253 Å². The van der Waals surface area contributed by atoms with Gasteiger partial charge >= 0.3 is 0 Å². The maximum Gasteiger partial charge on any atom is 0.271 e. The van der Waals surface area contributed by atoms with Crippen LogP contribution in [-0.4, -0.2) is 65.3 Å². The van der Waals surface area contributed by atoms with Crippen LogP contribution in [0.1, 0.15) is 61.5 Å². The summed E-state index contributed by atoms with van der Waals surface area (Å²) < 4.78 is 20.6. The highest BCUT2D eigenvalue weighted by atomic mass is 19.1. The fourth-order valence-corrected chi connectivity index (χ4v) is 8.58. The third-order valence-corrected chi connectivity index (χ3v) is 10.1. The van der Waals surface area contributed by atoms with Gasteiger partial charge in [-0.05, 0) is 98.4 Å². The van der Waals surface area contributed by atoms with E-state index in [-0.39, 0.29) is 11.7 Å². The molecule has 5 fully saturated rings. The first kappa shape index (κ1) is 28.2. The smallest absolute Gasteiger partial charge is 0.271 e. The van der Waals surface area contributed by atoms with Gasteiger partial charge in [0.15, 0.2) is 11.5 Å². The Bertz CT molecular complexity index is 1420. The number of ether oxygens (including phenoxy) is 1. The molecule has 226 valence electrons. The number of pyridine rings is 1. The van der Waals surface area contributed by atoms with Gasteiger partial charge in [-0.15, -0.1) is 10.2 Å². The van der Waals surface area contributed by atoms with Crippen molar-refractivity contribution < 1.29 is 13.9 Å². The van der Waals surface area contributed by atoms with Gasteiger partial charge in [0.25, 0.3) is 5.91 Å². The fourth-order valence-electron chi connectivity index (χ4n) is 8.58. The number of hydrogen-bond acceptors (Lipinski definition) is 7. The summed E-state index contributed by atoms with van der Waals surface area (Å²) in [7, 11) is 0. The molecule has 43 heavy (non-hydrogen) atoms. The van der Waals surface area contributed by atoms with E-state index in [9.17, 15) is 4.79 Å². The summed E-state index contributed by atoms with van der Waals surface area (Å²) in [6, 6.07) is 11.0. The fraction of sp³-hybridized carbons (Fsp3) is 0.529. The van der Waals surface area contributed by atoms with Crippen LogP contribution in [0.5, 0.6) is 5.75 Å². The van der Waals surface area contributed by atoms with Gasteiger partial charge in [-0.25, -0.2) is 4.39 Å². The molecule has 0 spiro atoms. The van der Waals surface area contributed by atoms with E-state index in [2.05, 4.69) is 30.3 Å². The Hall–Kier alpha value is -3.59. The predicted octanol–water partition coefficient (Wildman–Crippen LogP) is 5.34. The largest absolute Gasteiger partial charge is 0.492 e. The number of rotatable bonds is 9. The normalized spacial score (nSPS) is 26.5. The van der Waals surface area contributed by atoms with Gasteiger partial charge in [-0.3, -0.25) is 14.7 Å². The number of benzene rings is 1. The highest BCUT2D eigenvalue weighted by molar-refractivity contribution is 5.92. The summed E-state index contributed by atoms with van der Waals surface area (Å²) in [5.41, 5.74) is 2.85. The standard InChI is InChI=1S/C34H41FN6O2/c1-2-43-28-15-27(19-36-20-28)29-4-3-23(14-30(29)35)21-40-7-9-41(10-8-40)32-6-5-31(38-39-32)33(42)37-22-34-16-24-11-25(17-34)13-26(12-24)18-34/h3-6,14-15,19-20,24-26H,2,7-13,16-18,21-22H2,1H3,(H,37,42). The Balaban J connectivity index is 0.900. The van der Waals surface area contributed by atoms with Gasteiger partial charge in [0.1, 0.15) is 11.6 Å². The topological polar surface area (TPSA) is 83.5 Å². The summed E-state index contributed by atoms with van der Waals surface area (Å²) >= 11 is 0. The lowest BCUT2D eigenvalue weighted by Crippen LogP contribution is -2.51.